The van der Waals surface area contributed by atoms with Crippen LogP contribution in [0, 0.1) is 6.92 Å². The van der Waals surface area contributed by atoms with Crippen LogP contribution >= 0.6 is 0 Å². The minimum Gasteiger partial charge on any atom is -0.480 e. The molecular weight excluding hydrogens is 468 g/mol. The maximum atomic E-state index is 13.5. The fraction of sp³-hybridized carbons (Fsp3) is 0.115. The SMILES string of the molecule is Cc1c(Cc2ccc(C(=O)O)cc2S(=O)(=O)c2ccccc2)c(-c2ccccc2)nn1CC(=O)O. The lowest BCUT2D eigenvalue weighted by atomic mass is 9.98. The highest BCUT2D eigenvalue weighted by molar-refractivity contribution is 7.91. The second-order valence-electron chi connectivity index (χ2n) is 7.95. The number of benzene rings is 3. The van der Waals surface area contributed by atoms with E-state index in [9.17, 15) is 28.2 Å². The zero-order valence-electron chi connectivity index (χ0n) is 18.7. The molecule has 0 radical (unpaired) electrons. The molecule has 0 saturated carbocycles. The highest BCUT2D eigenvalue weighted by Crippen LogP contribution is 2.32. The van der Waals surface area contributed by atoms with E-state index in [4.69, 9.17) is 0 Å². The van der Waals surface area contributed by atoms with E-state index in [0.29, 0.717) is 22.5 Å². The molecule has 0 amide bonds. The first-order chi connectivity index (χ1) is 16.7. The lowest BCUT2D eigenvalue weighted by molar-refractivity contribution is -0.137. The summed E-state index contributed by atoms with van der Waals surface area (Å²) in [5, 5.41) is 23.3. The van der Waals surface area contributed by atoms with Crippen molar-refractivity contribution in [3.8, 4) is 11.3 Å². The van der Waals surface area contributed by atoms with Gasteiger partial charge in [-0.25, -0.2) is 13.2 Å². The van der Waals surface area contributed by atoms with E-state index in [2.05, 4.69) is 5.10 Å². The van der Waals surface area contributed by atoms with Gasteiger partial charge in [0.1, 0.15) is 6.54 Å². The molecule has 0 bridgehead atoms. The molecule has 0 aliphatic carbocycles. The fourth-order valence-corrected chi connectivity index (χ4v) is 5.44. The molecule has 3 aromatic carbocycles. The Hall–Kier alpha value is -4.24. The van der Waals surface area contributed by atoms with E-state index in [-0.39, 0.29) is 28.3 Å². The Morgan fingerprint density at radius 1 is 0.914 bits per heavy atom. The number of hydrogen-bond acceptors (Lipinski definition) is 5. The van der Waals surface area contributed by atoms with Crippen LogP contribution in [0.25, 0.3) is 11.3 Å². The lowest BCUT2D eigenvalue weighted by Gasteiger charge is -2.13. The molecule has 35 heavy (non-hydrogen) atoms. The van der Waals surface area contributed by atoms with Crippen molar-refractivity contribution in [3.05, 3.63) is 101 Å². The number of sulfone groups is 1. The smallest absolute Gasteiger partial charge is 0.335 e. The first kappa shape index (κ1) is 23.9. The average molecular weight is 491 g/mol. The van der Waals surface area contributed by atoms with E-state index in [1.165, 1.54) is 35.0 Å². The van der Waals surface area contributed by atoms with Crippen molar-refractivity contribution in [2.24, 2.45) is 0 Å². The van der Waals surface area contributed by atoms with Crippen LogP contribution < -0.4 is 0 Å². The second-order valence-corrected chi connectivity index (χ2v) is 9.87. The zero-order chi connectivity index (χ0) is 25.2. The average Bonchev–Trinajstić information content (AvgIpc) is 3.14. The quantitative estimate of drug-likeness (QED) is 0.381. The van der Waals surface area contributed by atoms with E-state index in [1.807, 2.05) is 30.3 Å². The molecule has 4 aromatic rings. The van der Waals surface area contributed by atoms with Gasteiger partial charge in [0.2, 0.25) is 9.84 Å². The van der Waals surface area contributed by atoms with E-state index in [1.54, 1.807) is 25.1 Å². The topological polar surface area (TPSA) is 127 Å². The number of hydrogen-bond donors (Lipinski definition) is 2. The first-order valence-corrected chi connectivity index (χ1v) is 12.2. The number of aliphatic carboxylic acids is 1. The van der Waals surface area contributed by atoms with Gasteiger partial charge in [-0.1, -0.05) is 54.6 Å². The Morgan fingerprint density at radius 2 is 1.54 bits per heavy atom. The number of aromatic nitrogens is 2. The summed E-state index contributed by atoms with van der Waals surface area (Å²) in [4.78, 5) is 22.9. The largest absolute Gasteiger partial charge is 0.480 e. The molecule has 0 saturated heterocycles. The van der Waals surface area contributed by atoms with Crippen molar-refractivity contribution in [1.29, 1.82) is 0 Å². The van der Waals surface area contributed by atoms with Gasteiger partial charge < -0.3 is 10.2 Å². The molecule has 9 heteroatoms. The zero-order valence-corrected chi connectivity index (χ0v) is 19.6. The molecule has 1 heterocycles. The Labute approximate surface area is 202 Å². The summed E-state index contributed by atoms with van der Waals surface area (Å²) in [6.45, 7) is 1.38. The normalized spacial score (nSPS) is 11.3. The monoisotopic (exact) mass is 490 g/mol. The minimum absolute atomic E-state index is 0.0466. The van der Waals surface area contributed by atoms with E-state index >= 15 is 0 Å². The number of rotatable bonds is 8. The lowest BCUT2D eigenvalue weighted by Crippen LogP contribution is -2.12. The Morgan fingerprint density at radius 3 is 2.14 bits per heavy atom. The second kappa shape index (κ2) is 9.55. The summed E-state index contributed by atoms with van der Waals surface area (Å²) in [5.74, 6) is -2.29. The van der Waals surface area contributed by atoms with Gasteiger partial charge >= 0.3 is 11.9 Å². The molecule has 0 spiro atoms. The van der Waals surface area contributed by atoms with Crippen LogP contribution in [0.5, 0.6) is 0 Å². The Kier molecular flexibility index (Phi) is 6.52. The predicted octanol–water partition coefficient (Wildman–Crippen LogP) is 4.06. The number of carbonyl (C=O) groups is 2. The molecule has 8 nitrogen and oxygen atoms in total. The standard InChI is InChI=1S/C26H22N2O6S/c1-17-22(25(18-8-4-2-5-9-18)27-28(17)16-24(29)30)14-19-12-13-20(26(31)32)15-23(19)35(33,34)21-10-6-3-7-11-21/h2-13,15H,14,16H2,1H3,(H,29,30)(H,31,32). The fourth-order valence-electron chi connectivity index (χ4n) is 3.91. The van der Waals surface area contributed by atoms with Gasteiger partial charge in [0, 0.05) is 23.2 Å². The minimum atomic E-state index is -4.03. The summed E-state index contributed by atoms with van der Waals surface area (Å²) in [6.07, 6.45) is 0.108. The summed E-state index contributed by atoms with van der Waals surface area (Å²) in [6, 6.07) is 21.0. The molecule has 178 valence electrons. The van der Waals surface area contributed by atoms with Gasteiger partial charge in [0.15, 0.2) is 0 Å². The molecule has 0 aliphatic rings. The molecule has 0 atom stereocenters. The molecular formula is C26H22N2O6S. The van der Waals surface area contributed by atoms with Crippen molar-refractivity contribution in [1.82, 2.24) is 9.78 Å². The van der Waals surface area contributed by atoms with E-state index < -0.39 is 21.8 Å². The number of carboxylic acid groups (broad SMARTS) is 2. The van der Waals surface area contributed by atoms with Gasteiger partial charge in [0.05, 0.1) is 21.0 Å². The van der Waals surface area contributed by atoms with Crippen LogP contribution in [0.3, 0.4) is 0 Å². The molecule has 0 aliphatic heterocycles. The molecule has 4 rings (SSSR count). The first-order valence-electron chi connectivity index (χ1n) is 10.7. The van der Waals surface area contributed by atoms with Crippen LogP contribution in [-0.4, -0.2) is 40.3 Å². The van der Waals surface area contributed by atoms with Gasteiger partial charge in [-0.2, -0.15) is 5.10 Å². The molecule has 0 fully saturated rings. The van der Waals surface area contributed by atoms with Crippen molar-refractivity contribution in [2.45, 2.75) is 29.7 Å². The van der Waals surface area contributed by atoms with Crippen molar-refractivity contribution >= 4 is 21.8 Å². The molecule has 1 aromatic heterocycles. The van der Waals surface area contributed by atoms with Gasteiger partial charge in [-0.15, -0.1) is 0 Å². The number of carboxylic acids is 2. The van der Waals surface area contributed by atoms with Crippen molar-refractivity contribution in [3.63, 3.8) is 0 Å². The van der Waals surface area contributed by atoms with Gasteiger partial charge in [0.25, 0.3) is 0 Å². The highest BCUT2D eigenvalue weighted by Gasteiger charge is 2.25. The van der Waals surface area contributed by atoms with Crippen molar-refractivity contribution in [2.75, 3.05) is 0 Å². The molecule has 2 N–H and O–H groups in total. The summed E-state index contributed by atoms with van der Waals surface area (Å²) in [5.41, 5.74) is 2.76. The predicted molar refractivity (Wildman–Crippen MR) is 128 cm³/mol. The summed E-state index contributed by atoms with van der Waals surface area (Å²) < 4.78 is 28.4. The van der Waals surface area contributed by atoms with Crippen LogP contribution in [0.15, 0.2) is 88.7 Å². The third kappa shape index (κ3) is 4.85. The maximum absolute atomic E-state index is 13.5. The van der Waals surface area contributed by atoms with Crippen molar-refractivity contribution < 1.29 is 28.2 Å². The number of aromatic carboxylic acids is 1. The van der Waals surface area contributed by atoms with Gasteiger partial charge in [-0.05, 0) is 36.8 Å². The van der Waals surface area contributed by atoms with Crippen LogP contribution in [-0.2, 0) is 27.6 Å². The summed E-state index contributed by atoms with van der Waals surface area (Å²) >= 11 is 0. The highest BCUT2D eigenvalue weighted by atomic mass is 32.2. The van der Waals surface area contributed by atoms with Crippen LogP contribution in [0.2, 0.25) is 0 Å². The maximum Gasteiger partial charge on any atom is 0.335 e. The number of nitrogens with zero attached hydrogens (tertiary/aromatic N) is 2. The van der Waals surface area contributed by atoms with Gasteiger partial charge in [-0.3, -0.25) is 9.48 Å². The third-order valence-electron chi connectivity index (χ3n) is 5.69. The van der Waals surface area contributed by atoms with E-state index in [0.717, 1.165) is 5.56 Å². The summed E-state index contributed by atoms with van der Waals surface area (Å²) in [7, 11) is -4.03. The third-order valence-corrected chi connectivity index (χ3v) is 7.54. The van der Waals surface area contributed by atoms with Crippen LogP contribution in [0.1, 0.15) is 27.2 Å². The Balaban J connectivity index is 1.90. The molecule has 0 unspecified atom stereocenters. The Bertz CT molecular complexity index is 1510. The van der Waals surface area contributed by atoms with Crippen LogP contribution in [0.4, 0.5) is 0 Å².